The standard InChI is InChI=1S/C17H18O2/c1-2-17(12-14-8-4-3-5-9-14)13-18-15-10-6-7-11-16(15)19-17/h3-11H,2,12-13H2,1H3/t17-/m0/s1. The summed E-state index contributed by atoms with van der Waals surface area (Å²) in [7, 11) is 0. The molecule has 1 heterocycles. The van der Waals surface area contributed by atoms with E-state index in [2.05, 4.69) is 31.2 Å². The second kappa shape index (κ2) is 4.96. The van der Waals surface area contributed by atoms with Crippen molar-refractivity contribution in [3.05, 3.63) is 60.2 Å². The summed E-state index contributed by atoms with van der Waals surface area (Å²) in [6.45, 7) is 2.76. The van der Waals surface area contributed by atoms with Crippen LogP contribution in [-0.2, 0) is 6.42 Å². The van der Waals surface area contributed by atoms with Crippen LogP contribution in [0.2, 0.25) is 0 Å². The van der Waals surface area contributed by atoms with Gasteiger partial charge >= 0.3 is 0 Å². The molecule has 0 radical (unpaired) electrons. The molecule has 1 atom stereocenters. The summed E-state index contributed by atoms with van der Waals surface area (Å²) in [4.78, 5) is 0. The molecule has 0 N–H and O–H groups in total. The van der Waals surface area contributed by atoms with Crippen LogP contribution in [0.25, 0.3) is 0 Å². The molecule has 0 fully saturated rings. The average Bonchev–Trinajstić information content (AvgIpc) is 2.48. The minimum atomic E-state index is -0.254. The highest BCUT2D eigenvalue weighted by atomic mass is 16.6. The third kappa shape index (κ3) is 2.43. The summed E-state index contributed by atoms with van der Waals surface area (Å²) in [5, 5.41) is 0. The Hall–Kier alpha value is -1.96. The summed E-state index contributed by atoms with van der Waals surface area (Å²) in [6, 6.07) is 18.3. The molecule has 2 aromatic carbocycles. The van der Waals surface area contributed by atoms with Crippen LogP contribution in [0.4, 0.5) is 0 Å². The van der Waals surface area contributed by atoms with Gasteiger partial charge in [-0.1, -0.05) is 49.4 Å². The first-order valence-corrected chi connectivity index (χ1v) is 6.76. The largest absolute Gasteiger partial charge is 0.486 e. The molecule has 1 aliphatic rings. The minimum absolute atomic E-state index is 0.254. The van der Waals surface area contributed by atoms with Crippen LogP contribution < -0.4 is 9.47 Å². The van der Waals surface area contributed by atoms with E-state index in [1.165, 1.54) is 5.56 Å². The number of hydrogen-bond acceptors (Lipinski definition) is 2. The molecule has 1 aliphatic heterocycles. The van der Waals surface area contributed by atoms with Gasteiger partial charge in [0, 0.05) is 6.42 Å². The third-order valence-electron chi connectivity index (χ3n) is 3.68. The van der Waals surface area contributed by atoms with E-state index in [0.29, 0.717) is 6.61 Å². The number of hydrogen-bond donors (Lipinski definition) is 0. The fourth-order valence-electron chi connectivity index (χ4n) is 2.48. The highest BCUT2D eigenvalue weighted by molar-refractivity contribution is 5.41. The van der Waals surface area contributed by atoms with Gasteiger partial charge in [-0.05, 0) is 24.1 Å². The van der Waals surface area contributed by atoms with E-state index in [4.69, 9.17) is 9.47 Å². The van der Waals surface area contributed by atoms with Crippen molar-refractivity contribution < 1.29 is 9.47 Å². The molecule has 0 aliphatic carbocycles. The number of para-hydroxylation sites is 2. The summed E-state index contributed by atoms with van der Waals surface area (Å²) >= 11 is 0. The van der Waals surface area contributed by atoms with Gasteiger partial charge in [0.1, 0.15) is 12.2 Å². The molecular formula is C17H18O2. The topological polar surface area (TPSA) is 18.5 Å². The number of benzene rings is 2. The Morgan fingerprint density at radius 2 is 1.63 bits per heavy atom. The van der Waals surface area contributed by atoms with Gasteiger partial charge in [-0.15, -0.1) is 0 Å². The van der Waals surface area contributed by atoms with Crippen LogP contribution in [0.5, 0.6) is 11.5 Å². The van der Waals surface area contributed by atoms with Crippen molar-refractivity contribution in [2.75, 3.05) is 6.61 Å². The quantitative estimate of drug-likeness (QED) is 0.828. The summed E-state index contributed by atoms with van der Waals surface area (Å²) in [5.41, 5.74) is 1.03. The summed E-state index contributed by atoms with van der Waals surface area (Å²) < 4.78 is 12.1. The van der Waals surface area contributed by atoms with Crippen LogP contribution in [-0.4, -0.2) is 12.2 Å². The number of rotatable bonds is 3. The van der Waals surface area contributed by atoms with Crippen LogP contribution in [0.15, 0.2) is 54.6 Å². The van der Waals surface area contributed by atoms with E-state index < -0.39 is 0 Å². The minimum Gasteiger partial charge on any atom is -0.486 e. The average molecular weight is 254 g/mol. The molecule has 0 aromatic heterocycles. The Morgan fingerprint density at radius 1 is 0.947 bits per heavy atom. The van der Waals surface area contributed by atoms with Crippen LogP contribution in [0.3, 0.4) is 0 Å². The summed E-state index contributed by atoms with van der Waals surface area (Å²) in [5.74, 6) is 1.70. The Balaban J connectivity index is 1.86. The molecule has 2 heteroatoms. The first kappa shape index (κ1) is 12.1. The van der Waals surface area contributed by atoms with E-state index in [9.17, 15) is 0 Å². The Bertz CT molecular complexity index is 550. The molecule has 98 valence electrons. The fourth-order valence-corrected chi connectivity index (χ4v) is 2.48. The zero-order valence-electron chi connectivity index (χ0n) is 11.1. The molecule has 0 unspecified atom stereocenters. The van der Waals surface area contributed by atoms with E-state index in [-0.39, 0.29) is 5.60 Å². The first-order chi connectivity index (χ1) is 9.31. The van der Waals surface area contributed by atoms with E-state index in [1.807, 2.05) is 30.3 Å². The Labute approximate surface area is 114 Å². The molecule has 3 rings (SSSR count). The van der Waals surface area contributed by atoms with Crippen LogP contribution in [0.1, 0.15) is 18.9 Å². The lowest BCUT2D eigenvalue weighted by molar-refractivity contribution is -0.0113. The lowest BCUT2D eigenvalue weighted by atomic mass is 9.91. The van der Waals surface area contributed by atoms with Gasteiger partial charge < -0.3 is 9.47 Å². The fraction of sp³-hybridized carbons (Fsp3) is 0.294. The van der Waals surface area contributed by atoms with Gasteiger partial charge in [-0.2, -0.15) is 0 Å². The lowest BCUT2D eigenvalue weighted by Crippen LogP contribution is -2.46. The van der Waals surface area contributed by atoms with Crippen molar-refractivity contribution >= 4 is 0 Å². The molecule has 0 amide bonds. The zero-order chi connectivity index (χ0) is 13.1. The lowest BCUT2D eigenvalue weighted by Gasteiger charge is -2.38. The molecule has 2 nitrogen and oxygen atoms in total. The highest BCUT2D eigenvalue weighted by Gasteiger charge is 2.36. The molecule has 0 spiro atoms. The maximum atomic E-state index is 6.25. The Kier molecular flexibility index (Phi) is 3.16. The van der Waals surface area contributed by atoms with Gasteiger partial charge in [0.25, 0.3) is 0 Å². The van der Waals surface area contributed by atoms with Gasteiger partial charge in [0.05, 0.1) is 0 Å². The second-order valence-electron chi connectivity index (χ2n) is 5.04. The van der Waals surface area contributed by atoms with Gasteiger partial charge in [-0.25, -0.2) is 0 Å². The predicted molar refractivity (Wildman–Crippen MR) is 75.7 cm³/mol. The highest BCUT2D eigenvalue weighted by Crippen LogP contribution is 2.37. The molecule has 0 saturated carbocycles. The van der Waals surface area contributed by atoms with Crippen molar-refractivity contribution in [2.24, 2.45) is 0 Å². The first-order valence-electron chi connectivity index (χ1n) is 6.76. The smallest absolute Gasteiger partial charge is 0.162 e. The maximum absolute atomic E-state index is 6.25. The van der Waals surface area contributed by atoms with E-state index >= 15 is 0 Å². The van der Waals surface area contributed by atoms with Crippen molar-refractivity contribution in [1.82, 2.24) is 0 Å². The molecule has 0 bridgehead atoms. The second-order valence-corrected chi connectivity index (χ2v) is 5.04. The number of fused-ring (bicyclic) bond motifs is 1. The van der Waals surface area contributed by atoms with Crippen LogP contribution in [0, 0.1) is 0 Å². The van der Waals surface area contributed by atoms with Crippen molar-refractivity contribution in [3.8, 4) is 11.5 Å². The van der Waals surface area contributed by atoms with E-state index in [1.54, 1.807) is 0 Å². The number of ether oxygens (including phenoxy) is 2. The van der Waals surface area contributed by atoms with Crippen molar-refractivity contribution in [1.29, 1.82) is 0 Å². The van der Waals surface area contributed by atoms with Gasteiger partial charge in [-0.3, -0.25) is 0 Å². The zero-order valence-corrected chi connectivity index (χ0v) is 11.1. The Morgan fingerprint density at radius 3 is 2.37 bits per heavy atom. The van der Waals surface area contributed by atoms with Crippen LogP contribution >= 0.6 is 0 Å². The third-order valence-corrected chi connectivity index (χ3v) is 3.68. The summed E-state index contributed by atoms with van der Waals surface area (Å²) in [6.07, 6.45) is 1.80. The SMILES string of the molecule is CC[C@]1(Cc2ccccc2)COc2ccccc2O1. The van der Waals surface area contributed by atoms with Crippen molar-refractivity contribution in [2.45, 2.75) is 25.4 Å². The normalized spacial score (nSPS) is 21.1. The van der Waals surface area contributed by atoms with Crippen molar-refractivity contribution in [3.63, 3.8) is 0 Å². The van der Waals surface area contributed by atoms with Gasteiger partial charge in [0.2, 0.25) is 0 Å². The molecule has 19 heavy (non-hydrogen) atoms. The molecule has 2 aromatic rings. The maximum Gasteiger partial charge on any atom is 0.162 e. The monoisotopic (exact) mass is 254 g/mol. The van der Waals surface area contributed by atoms with E-state index in [0.717, 1.165) is 24.3 Å². The molecule has 0 saturated heterocycles. The van der Waals surface area contributed by atoms with Gasteiger partial charge in [0.15, 0.2) is 11.5 Å². The predicted octanol–water partition coefficient (Wildman–Crippen LogP) is 3.85. The molecular weight excluding hydrogens is 236 g/mol.